The first-order chi connectivity index (χ1) is 10.2. The van der Waals surface area contributed by atoms with Gasteiger partial charge in [0.05, 0.1) is 12.1 Å². The fourth-order valence-corrected chi connectivity index (χ4v) is 3.31. The van der Waals surface area contributed by atoms with Gasteiger partial charge in [-0.3, -0.25) is 0 Å². The van der Waals surface area contributed by atoms with Gasteiger partial charge in [0, 0.05) is 17.5 Å². The van der Waals surface area contributed by atoms with E-state index in [0.717, 1.165) is 17.3 Å². The van der Waals surface area contributed by atoms with Gasteiger partial charge in [-0.1, -0.05) is 32.0 Å². The highest BCUT2D eigenvalue weighted by Gasteiger charge is 2.19. The van der Waals surface area contributed by atoms with Crippen LogP contribution in [0, 0.1) is 0 Å². The molecule has 0 radical (unpaired) electrons. The molecule has 0 aliphatic rings. The molecule has 21 heavy (non-hydrogen) atoms. The minimum absolute atomic E-state index is 0.285. The molecule has 0 spiro atoms. The summed E-state index contributed by atoms with van der Waals surface area (Å²) in [5.41, 5.74) is 1.27. The second-order valence-corrected chi connectivity index (χ2v) is 6.20. The fourth-order valence-electron chi connectivity index (χ4n) is 2.26. The number of thioether (sulfide) groups is 1. The Kier molecular flexibility index (Phi) is 6.08. The summed E-state index contributed by atoms with van der Waals surface area (Å²) in [6.07, 6.45) is 1.84. The van der Waals surface area contributed by atoms with Crippen molar-refractivity contribution in [1.82, 2.24) is 10.3 Å². The van der Waals surface area contributed by atoms with E-state index >= 15 is 0 Å². The van der Waals surface area contributed by atoms with Crippen molar-refractivity contribution >= 4 is 11.8 Å². The summed E-state index contributed by atoms with van der Waals surface area (Å²) in [5.74, 6) is 0.888. The van der Waals surface area contributed by atoms with Gasteiger partial charge in [0.25, 0.3) is 0 Å². The average molecular weight is 302 g/mol. The summed E-state index contributed by atoms with van der Waals surface area (Å²) in [6, 6.07) is 14.6. The standard InChI is InChI=1S/C17H22N2OS/c1-4-18-17(14-8-10-15(20-3)11-9-14)13(2)21-16-7-5-6-12-19-16/h5-13,17-18H,4H2,1-3H3. The van der Waals surface area contributed by atoms with Crippen LogP contribution in [0.4, 0.5) is 0 Å². The van der Waals surface area contributed by atoms with Gasteiger partial charge in [-0.05, 0) is 36.4 Å². The van der Waals surface area contributed by atoms with Crippen LogP contribution in [0.25, 0.3) is 0 Å². The van der Waals surface area contributed by atoms with Gasteiger partial charge in [0.2, 0.25) is 0 Å². The van der Waals surface area contributed by atoms with E-state index in [1.54, 1.807) is 18.9 Å². The number of aromatic nitrogens is 1. The number of hydrogen-bond acceptors (Lipinski definition) is 4. The SMILES string of the molecule is CCNC(c1ccc(OC)cc1)C(C)Sc1ccccn1. The maximum atomic E-state index is 5.23. The van der Waals surface area contributed by atoms with Crippen LogP contribution in [0.2, 0.25) is 0 Å². The van der Waals surface area contributed by atoms with Crippen molar-refractivity contribution in [3.05, 3.63) is 54.2 Å². The van der Waals surface area contributed by atoms with Gasteiger partial charge < -0.3 is 10.1 Å². The van der Waals surface area contributed by atoms with Crippen LogP contribution in [0.15, 0.2) is 53.7 Å². The first kappa shape index (κ1) is 15.9. The molecule has 112 valence electrons. The Morgan fingerprint density at radius 3 is 2.52 bits per heavy atom. The lowest BCUT2D eigenvalue weighted by Crippen LogP contribution is -2.28. The molecule has 0 amide bonds. The summed E-state index contributed by atoms with van der Waals surface area (Å²) >= 11 is 1.79. The molecule has 1 aromatic heterocycles. The van der Waals surface area contributed by atoms with Gasteiger partial charge >= 0.3 is 0 Å². The summed E-state index contributed by atoms with van der Waals surface area (Å²) in [6.45, 7) is 5.30. The lowest BCUT2D eigenvalue weighted by molar-refractivity contribution is 0.414. The van der Waals surface area contributed by atoms with E-state index in [1.807, 2.05) is 30.5 Å². The van der Waals surface area contributed by atoms with E-state index in [1.165, 1.54) is 5.56 Å². The minimum Gasteiger partial charge on any atom is -0.497 e. The van der Waals surface area contributed by atoms with Crippen molar-refractivity contribution in [2.24, 2.45) is 0 Å². The maximum absolute atomic E-state index is 5.23. The molecule has 2 rings (SSSR count). The molecule has 3 nitrogen and oxygen atoms in total. The summed E-state index contributed by atoms with van der Waals surface area (Å²) in [5, 5.41) is 5.01. The highest BCUT2D eigenvalue weighted by Crippen LogP contribution is 2.31. The van der Waals surface area contributed by atoms with Gasteiger partial charge in [-0.15, -0.1) is 11.8 Å². The number of benzene rings is 1. The molecule has 0 fully saturated rings. The van der Waals surface area contributed by atoms with E-state index in [2.05, 4.69) is 42.3 Å². The van der Waals surface area contributed by atoms with Crippen molar-refractivity contribution in [2.45, 2.75) is 30.2 Å². The molecule has 0 saturated carbocycles. The number of rotatable bonds is 7. The molecule has 4 heteroatoms. The van der Waals surface area contributed by atoms with E-state index < -0.39 is 0 Å². The quantitative estimate of drug-likeness (QED) is 0.786. The highest BCUT2D eigenvalue weighted by molar-refractivity contribution is 7.99. The minimum atomic E-state index is 0.285. The Balaban J connectivity index is 2.13. The third-order valence-electron chi connectivity index (χ3n) is 3.31. The maximum Gasteiger partial charge on any atom is 0.118 e. The summed E-state index contributed by atoms with van der Waals surface area (Å²) in [4.78, 5) is 4.40. The number of pyridine rings is 1. The fraction of sp³-hybridized carbons (Fsp3) is 0.353. The molecule has 2 atom stereocenters. The third-order valence-corrected chi connectivity index (χ3v) is 4.44. The van der Waals surface area contributed by atoms with Crippen molar-refractivity contribution < 1.29 is 4.74 Å². The first-order valence-electron chi connectivity index (χ1n) is 7.19. The van der Waals surface area contributed by atoms with Crippen LogP contribution >= 0.6 is 11.8 Å². The van der Waals surface area contributed by atoms with Gasteiger partial charge in [-0.2, -0.15) is 0 Å². The molecular formula is C17H22N2OS. The zero-order chi connectivity index (χ0) is 15.1. The smallest absolute Gasteiger partial charge is 0.118 e. The Labute approximate surface area is 131 Å². The van der Waals surface area contributed by atoms with E-state index in [9.17, 15) is 0 Å². The predicted octanol–water partition coefficient (Wildman–Crippen LogP) is 3.92. The number of nitrogens with zero attached hydrogens (tertiary/aromatic N) is 1. The number of hydrogen-bond donors (Lipinski definition) is 1. The predicted molar refractivity (Wildman–Crippen MR) is 89.0 cm³/mol. The number of methoxy groups -OCH3 is 1. The Morgan fingerprint density at radius 2 is 1.95 bits per heavy atom. The summed E-state index contributed by atoms with van der Waals surface area (Å²) in [7, 11) is 1.69. The van der Waals surface area contributed by atoms with Crippen molar-refractivity contribution in [3.63, 3.8) is 0 Å². The number of ether oxygens (including phenoxy) is 1. The molecule has 2 unspecified atom stereocenters. The Bertz CT molecular complexity index is 530. The second-order valence-electron chi connectivity index (χ2n) is 4.80. The molecule has 0 aliphatic carbocycles. The molecule has 0 bridgehead atoms. The van der Waals surface area contributed by atoms with Crippen LogP contribution in [0.5, 0.6) is 5.75 Å². The normalized spacial score (nSPS) is 13.7. The van der Waals surface area contributed by atoms with Gasteiger partial charge in [0.1, 0.15) is 5.75 Å². The van der Waals surface area contributed by atoms with Crippen LogP contribution < -0.4 is 10.1 Å². The van der Waals surface area contributed by atoms with Crippen molar-refractivity contribution in [1.29, 1.82) is 0 Å². The molecule has 0 aliphatic heterocycles. The van der Waals surface area contributed by atoms with E-state index in [0.29, 0.717) is 5.25 Å². The largest absolute Gasteiger partial charge is 0.497 e. The Hall–Kier alpha value is -1.52. The van der Waals surface area contributed by atoms with E-state index in [4.69, 9.17) is 4.74 Å². The highest BCUT2D eigenvalue weighted by atomic mass is 32.2. The van der Waals surface area contributed by atoms with Gasteiger partial charge in [0.15, 0.2) is 0 Å². The van der Waals surface area contributed by atoms with Crippen molar-refractivity contribution in [2.75, 3.05) is 13.7 Å². The second kappa shape index (κ2) is 8.05. The summed E-state index contributed by atoms with van der Waals surface area (Å²) < 4.78 is 5.23. The molecule has 1 N–H and O–H groups in total. The molecule has 1 aromatic carbocycles. The van der Waals surface area contributed by atoms with Crippen molar-refractivity contribution in [3.8, 4) is 5.75 Å². The van der Waals surface area contributed by atoms with Crippen LogP contribution in [0.3, 0.4) is 0 Å². The first-order valence-corrected chi connectivity index (χ1v) is 8.07. The monoisotopic (exact) mass is 302 g/mol. The van der Waals surface area contributed by atoms with Gasteiger partial charge in [-0.25, -0.2) is 4.98 Å². The third kappa shape index (κ3) is 4.48. The zero-order valence-electron chi connectivity index (χ0n) is 12.7. The Morgan fingerprint density at radius 1 is 1.19 bits per heavy atom. The van der Waals surface area contributed by atoms with E-state index in [-0.39, 0.29) is 6.04 Å². The lowest BCUT2D eigenvalue weighted by Gasteiger charge is -2.24. The number of nitrogens with one attached hydrogen (secondary N) is 1. The topological polar surface area (TPSA) is 34.1 Å². The van der Waals surface area contributed by atoms with Crippen LogP contribution in [-0.4, -0.2) is 23.9 Å². The molecule has 0 saturated heterocycles. The van der Waals surface area contributed by atoms with Crippen LogP contribution in [0.1, 0.15) is 25.5 Å². The molecular weight excluding hydrogens is 280 g/mol. The molecule has 2 aromatic rings. The molecule has 1 heterocycles. The zero-order valence-corrected chi connectivity index (χ0v) is 13.6. The average Bonchev–Trinajstić information content (AvgIpc) is 2.53. The van der Waals surface area contributed by atoms with Crippen LogP contribution in [-0.2, 0) is 0 Å². The lowest BCUT2D eigenvalue weighted by atomic mass is 10.0.